The number of hydrogen-bond donors (Lipinski definition) is 1. The van der Waals surface area contributed by atoms with Crippen LogP contribution in [-0.2, 0) is 4.79 Å². The predicted octanol–water partition coefficient (Wildman–Crippen LogP) is -0.678. The summed E-state index contributed by atoms with van der Waals surface area (Å²) >= 11 is 0. The quantitative estimate of drug-likeness (QED) is 0.464. The summed E-state index contributed by atoms with van der Waals surface area (Å²) in [6, 6.07) is 0. The Morgan fingerprint density at radius 1 is 1.50 bits per heavy atom. The van der Waals surface area contributed by atoms with Gasteiger partial charge in [-0.3, -0.25) is 0 Å². The number of rotatable bonds is 1. The second-order valence-electron chi connectivity index (χ2n) is 1.74. The Bertz CT molecular complexity index is 42.9. The van der Waals surface area contributed by atoms with Crippen molar-refractivity contribution >= 4 is 6.29 Å². The summed E-state index contributed by atoms with van der Waals surface area (Å²) in [4.78, 5) is 11.0. The number of carbonyl (C=O) groups is 1. The normalized spacial score (nSPS) is 7.62. The van der Waals surface area contributed by atoms with Crippen molar-refractivity contribution in [2.45, 2.75) is 0 Å². The van der Waals surface area contributed by atoms with Gasteiger partial charge in [0.2, 0.25) is 0 Å². The fourth-order valence-electron chi connectivity index (χ4n) is 0. The van der Waals surface area contributed by atoms with E-state index in [9.17, 15) is 0 Å². The minimum atomic E-state index is 0.139. The maximum Gasteiger partial charge on any atom is 0.133 e. The van der Waals surface area contributed by atoms with E-state index < -0.39 is 0 Å². The molecule has 0 spiro atoms. The van der Waals surface area contributed by atoms with Gasteiger partial charge in [0.1, 0.15) is 6.29 Å². The van der Waals surface area contributed by atoms with E-state index in [0.717, 1.165) is 0 Å². The molecule has 3 heteroatoms. The first-order valence-electron chi connectivity index (χ1n) is 2.39. The van der Waals surface area contributed by atoms with Crippen LogP contribution in [0.3, 0.4) is 0 Å². The number of hydrogen-bond acceptors (Lipinski definition) is 3. The van der Waals surface area contributed by atoms with Gasteiger partial charge in [-0.25, -0.2) is 0 Å². The average molecular weight is 118 g/mol. The Kier molecular flexibility index (Phi) is 12.9. The minimum absolute atomic E-state index is 0.139. The molecule has 0 aliphatic carbocycles. The fourth-order valence-corrected chi connectivity index (χ4v) is 0. The molecule has 0 radical (unpaired) electrons. The molecule has 0 aromatic carbocycles. The van der Waals surface area contributed by atoms with Crippen LogP contribution in [0.1, 0.15) is 0 Å². The molecule has 0 saturated carbocycles. The Morgan fingerprint density at radius 2 is 1.62 bits per heavy atom. The first kappa shape index (κ1) is 10.5. The van der Waals surface area contributed by atoms with Crippen LogP contribution in [0.2, 0.25) is 0 Å². The first-order valence-corrected chi connectivity index (χ1v) is 2.39. The fraction of sp³-hybridized carbons (Fsp3) is 0.800. The molecule has 0 aliphatic heterocycles. The van der Waals surface area contributed by atoms with E-state index in [4.69, 9.17) is 4.79 Å². The molecule has 0 rings (SSSR count). The SMILES string of the molecule is CN(C)C.NCC=O. The van der Waals surface area contributed by atoms with Crippen LogP contribution in [0.25, 0.3) is 0 Å². The molecule has 0 atom stereocenters. The summed E-state index contributed by atoms with van der Waals surface area (Å²) in [6.45, 7) is 0.139. The number of aldehydes is 1. The standard InChI is InChI=1S/C3H9N.C2H5NO/c1-4(2)3;3-1-2-4/h1-3H3;2H,1,3H2. The van der Waals surface area contributed by atoms with Gasteiger partial charge in [-0.15, -0.1) is 0 Å². The zero-order chi connectivity index (χ0) is 6.99. The van der Waals surface area contributed by atoms with Crippen molar-refractivity contribution in [2.75, 3.05) is 27.7 Å². The molecule has 50 valence electrons. The molecule has 0 unspecified atom stereocenters. The molecular weight excluding hydrogens is 104 g/mol. The van der Waals surface area contributed by atoms with Crippen molar-refractivity contribution in [3.8, 4) is 0 Å². The summed E-state index contributed by atoms with van der Waals surface area (Å²) in [7, 11) is 6.00. The summed E-state index contributed by atoms with van der Waals surface area (Å²) in [6.07, 6.45) is 0.653. The van der Waals surface area contributed by atoms with Crippen LogP contribution in [0, 0.1) is 0 Å². The molecule has 0 aliphatic rings. The summed E-state index contributed by atoms with van der Waals surface area (Å²) in [5.74, 6) is 0. The largest absolute Gasteiger partial charge is 0.324 e. The van der Waals surface area contributed by atoms with Gasteiger partial charge in [0.05, 0.1) is 0 Å². The van der Waals surface area contributed by atoms with Crippen molar-refractivity contribution in [1.82, 2.24) is 4.90 Å². The van der Waals surface area contributed by atoms with Gasteiger partial charge in [0.15, 0.2) is 0 Å². The molecule has 8 heavy (non-hydrogen) atoms. The molecule has 0 aromatic heterocycles. The molecule has 2 N–H and O–H groups in total. The lowest BCUT2D eigenvalue weighted by molar-refractivity contribution is -0.106. The minimum Gasteiger partial charge on any atom is -0.324 e. The van der Waals surface area contributed by atoms with Gasteiger partial charge in [-0.2, -0.15) is 0 Å². The van der Waals surface area contributed by atoms with Gasteiger partial charge in [0.25, 0.3) is 0 Å². The smallest absolute Gasteiger partial charge is 0.133 e. The topological polar surface area (TPSA) is 46.3 Å². The highest BCUT2D eigenvalue weighted by Gasteiger charge is 1.58. The third-order valence-corrected chi connectivity index (χ3v) is 0.0962. The molecule has 0 fully saturated rings. The third-order valence-electron chi connectivity index (χ3n) is 0.0962. The molecule has 0 bridgehead atoms. The lowest BCUT2D eigenvalue weighted by Crippen LogP contribution is -1.99. The van der Waals surface area contributed by atoms with Gasteiger partial charge in [-0.05, 0) is 21.1 Å². The average Bonchev–Trinajstić information content (AvgIpc) is 1.65. The lowest BCUT2D eigenvalue weighted by Gasteiger charge is -1.90. The van der Waals surface area contributed by atoms with E-state index in [-0.39, 0.29) is 6.54 Å². The zero-order valence-electron chi connectivity index (χ0n) is 5.72. The summed E-state index contributed by atoms with van der Waals surface area (Å²) in [5.41, 5.74) is 4.66. The predicted molar refractivity (Wildman–Crippen MR) is 34.7 cm³/mol. The zero-order valence-corrected chi connectivity index (χ0v) is 5.72. The molecule has 3 nitrogen and oxygen atoms in total. The van der Waals surface area contributed by atoms with Gasteiger partial charge in [-0.1, -0.05) is 0 Å². The van der Waals surface area contributed by atoms with Crippen molar-refractivity contribution in [3.05, 3.63) is 0 Å². The lowest BCUT2D eigenvalue weighted by atomic mass is 10.8. The molecular formula is C5H14N2O. The maximum atomic E-state index is 9.05. The summed E-state index contributed by atoms with van der Waals surface area (Å²) < 4.78 is 0. The first-order chi connectivity index (χ1) is 3.65. The van der Waals surface area contributed by atoms with Crippen LogP contribution in [0.4, 0.5) is 0 Å². The summed E-state index contributed by atoms with van der Waals surface area (Å²) in [5, 5.41) is 0. The molecule has 0 aromatic rings. The van der Waals surface area contributed by atoms with Crippen molar-refractivity contribution < 1.29 is 4.79 Å². The number of nitrogens with two attached hydrogens (primary N) is 1. The third kappa shape index (κ3) is 338. The van der Waals surface area contributed by atoms with E-state index in [2.05, 4.69) is 5.73 Å². The number of nitrogens with zero attached hydrogens (tertiary/aromatic N) is 1. The molecule has 0 amide bonds. The second kappa shape index (κ2) is 9.77. The van der Waals surface area contributed by atoms with Crippen LogP contribution in [-0.4, -0.2) is 38.9 Å². The highest BCUT2D eigenvalue weighted by Crippen LogP contribution is 1.47. The Hall–Kier alpha value is -0.410. The van der Waals surface area contributed by atoms with E-state index in [0.29, 0.717) is 6.29 Å². The Balaban J connectivity index is 0. The molecule has 0 heterocycles. The van der Waals surface area contributed by atoms with Gasteiger partial charge in [0, 0.05) is 6.54 Å². The van der Waals surface area contributed by atoms with Crippen LogP contribution in [0.5, 0.6) is 0 Å². The maximum absolute atomic E-state index is 9.05. The van der Waals surface area contributed by atoms with Crippen molar-refractivity contribution in [1.29, 1.82) is 0 Å². The number of carbonyl (C=O) groups excluding carboxylic acids is 1. The van der Waals surface area contributed by atoms with E-state index in [1.54, 1.807) is 0 Å². The van der Waals surface area contributed by atoms with E-state index in [1.165, 1.54) is 0 Å². The van der Waals surface area contributed by atoms with Gasteiger partial charge < -0.3 is 15.4 Å². The van der Waals surface area contributed by atoms with E-state index >= 15 is 0 Å². The highest BCUT2D eigenvalue weighted by atomic mass is 16.1. The van der Waals surface area contributed by atoms with E-state index in [1.807, 2.05) is 26.0 Å². The highest BCUT2D eigenvalue weighted by molar-refractivity contribution is 5.51. The Labute approximate surface area is 50.5 Å². The monoisotopic (exact) mass is 118 g/mol. The van der Waals surface area contributed by atoms with Gasteiger partial charge >= 0.3 is 0 Å². The van der Waals surface area contributed by atoms with Crippen molar-refractivity contribution in [2.24, 2.45) is 5.73 Å². The Morgan fingerprint density at radius 3 is 1.62 bits per heavy atom. The second-order valence-corrected chi connectivity index (χ2v) is 1.74. The molecule has 0 saturated heterocycles. The van der Waals surface area contributed by atoms with Crippen LogP contribution in [0.15, 0.2) is 0 Å². The van der Waals surface area contributed by atoms with Crippen LogP contribution >= 0.6 is 0 Å². The van der Waals surface area contributed by atoms with Crippen molar-refractivity contribution in [3.63, 3.8) is 0 Å². The van der Waals surface area contributed by atoms with Crippen LogP contribution < -0.4 is 5.73 Å².